The summed E-state index contributed by atoms with van der Waals surface area (Å²) in [7, 11) is 0. The smallest absolute Gasteiger partial charge is 0.251 e. The van der Waals surface area contributed by atoms with Crippen molar-refractivity contribution < 1.29 is 9.90 Å². The van der Waals surface area contributed by atoms with Gasteiger partial charge >= 0.3 is 0 Å². The van der Waals surface area contributed by atoms with E-state index >= 15 is 0 Å². The molecule has 0 aliphatic carbocycles. The van der Waals surface area contributed by atoms with Crippen molar-refractivity contribution in [3.63, 3.8) is 0 Å². The third-order valence-electron chi connectivity index (χ3n) is 6.03. The summed E-state index contributed by atoms with van der Waals surface area (Å²) in [6, 6.07) is 23.7. The van der Waals surface area contributed by atoms with Crippen LogP contribution >= 0.6 is 23.2 Å². The fraction of sp³-hybridized carbons (Fsp3) is 0.231. The predicted octanol–water partition coefficient (Wildman–Crippen LogP) is 4.68. The van der Waals surface area contributed by atoms with Gasteiger partial charge in [0.15, 0.2) is 0 Å². The summed E-state index contributed by atoms with van der Waals surface area (Å²) in [5, 5.41) is 23.4. The Morgan fingerprint density at radius 2 is 1.52 bits per heavy atom. The van der Waals surface area contributed by atoms with Gasteiger partial charge in [-0.15, -0.1) is 0 Å². The van der Waals surface area contributed by atoms with Gasteiger partial charge in [-0.25, -0.2) is 0 Å². The first kappa shape index (κ1) is 23.3. The van der Waals surface area contributed by atoms with Gasteiger partial charge in [0.25, 0.3) is 5.91 Å². The molecule has 1 amide bonds. The Morgan fingerprint density at radius 1 is 0.970 bits per heavy atom. The topological polar surface area (TPSA) is 76.4 Å². The average Bonchev–Trinajstić information content (AvgIpc) is 3.23. The number of carbonyl (C=O) groups excluding carboxylic acids is 1. The Morgan fingerprint density at radius 3 is 2.00 bits per heavy atom. The average molecular weight is 480 g/mol. The van der Waals surface area contributed by atoms with E-state index < -0.39 is 0 Å². The van der Waals surface area contributed by atoms with Crippen LogP contribution < -0.4 is 5.32 Å². The number of nitrogens with one attached hydrogen (secondary N) is 1. The van der Waals surface area contributed by atoms with Crippen LogP contribution in [-0.4, -0.2) is 41.7 Å². The van der Waals surface area contributed by atoms with Crippen molar-refractivity contribution in [3.8, 4) is 6.07 Å². The van der Waals surface area contributed by atoms with Crippen LogP contribution in [0.15, 0.2) is 72.8 Å². The molecular weight excluding hydrogens is 457 g/mol. The van der Waals surface area contributed by atoms with E-state index in [-0.39, 0.29) is 30.5 Å². The maximum atomic E-state index is 12.8. The number of rotatable bonds is 6. The summed E-state index contributed by atoms with van der Waals surface area (Å²) < 4.78 is 0. The summed E-state index contributed by atoms with van der Waals surface area (Å²) in [4.78, 5) is 15.1. The number of nitriles is 1. The highest BCUT2D eigenvalue weighted by atomic mass is 35.5. The molecule has 0 spiro atoms. The van der Waals surface area contributed by atoms with Crippen LogP contribution in [0.25, 0.3) is 0 Å². The standard InChI is InChI=1S/C26H23Cl2N3O2/c27-22-9-5-18(6-10-22)25(19-7-11-23(28)12-8-19)31-14-21(16-32)24(15-31)30-26(33)20-3-1-17(13-29)2-4-20/h1-12,21,24-25,32H,14-16H2,(H,30,33)/t21-,24+/m1/s1. The van der Waals surface area contributed by atoms with E-state index in [4.69, 9.17) is 28.5 Å². The second-order valence-corrected chi connectivity index (χ2v) is 9.04. The van der Waals surface area contributed by atoms with E-state index in [9.17, 15) is 9.90 Å². The fourth-order valence-corrected chi connectivity index (χ4v) is 4.57. The number of amides is 1. The molecule has 33 heavy (non-hydrogen) atoms. The van der Waals surface area contributed by atoms with Crippen molar-refractivity contribution in [2.75, 3.05) is 19.7 Å². The van der Waals surface area contributed by atoms with Gasteiger partial charge in [-0.2, -0.15) is 5.26 Å². The zero-order valence-corrected chi connectivity index (χ0v) is 19.3. The van der Waals surface area contributed by atoms with Gasteiger partial charge in [-0.1, -0.05) is 47.5 Å². The van der Waals surface area contributed by atoms with Crippen LogP contribution in [0.3, 0.4) is 0 Å². The molecule has 2 atom stereocenters. The van der Waals surface area contributed by atoms with Gasteiger partial charge < -0.3 is 10.4 Å². The number of likely N-dealkylation sites (tertiary alicyclic amines) is 1. The lowest BCUT2D eigenvalue weighted by atomic mass is 9.97. The second-order valence-electron chi connectivity index (χ2n) is 8.17. The summed E-state index contributed by atoms with van der Waals surface area (Å²) in [5.74, 6) is -0.339. The van der Waals surface area contributed by atoms with Crippen molar-refractivity contribution in [2.24, 2.45) is 5.92 Å². The highest BCUT2D eigenvalue weighted by Gasteiger charge is 2.37. The van der Waals surface area contributed by atoms with E-state index in [1.165, 1.54) is 0 Å². The molecule has 1 heterocycles. The first-order valence-corrected chi connectivity index (χ1v) is 11.4. The Bertz CT molecular complexity index is 1100. The van der Waals surface area contributed by atoms with Crippen molar-refractivity contribution in [2.45, 2.75) is 12.1 Å². The second kappa shape index (κ2) is 10.4. The first-order chi connectivity index (χ1) is 16.0. The number of aliphatic hydroxyl groups is 1. The quantitative estimate of drug-likeness (QED) is 0.538. The lowest BCUT2D eigenvalue weighted by Crippen LogP contribution is -2.41. The maximum absolute atomic E-state index is 12.8. The molecule has 0 radical (unpaired) electrons. The third-order valence-corrected chi connectivity index (χ3v) is 6.54. The molecule has 1 aliphatic heterocycles. The number of aliphatic hydroxyl groups excluding tert-OH is 1. The van der Waals surface area contributed by atoms with E-state index in [1.54, 1.807) is 24.3 Å². The van der Waals surface area contributed by atoms with Gasteiger partial charge in [0, 0.05) is 47.3 Å². The Balaban J connectivity index is 1.58. The minimum Gasteiger partial charge on any atom is -0.396 e. The highest BCUT2D eigenvalue weighted by Crippen LogP contribution is 2.34. The summed E-state index contributed by atoms with van der Waals surface area (Å²) in [5.41, 5.74) is 3.12. The van der Waals surface area contributed by atoms with Crippen molar-refractivity contribution in [1.29, 1.82) is 5.26 Å². The largest absolute Gasteiger partial charge is 0.396 e. The van der Waals surface area contributed by atoms with Crippen LogP contribution in [0.4, 0.5) is 0 Å². The molecule has 5 nitrogen and oxygen atoms in total. The van der Waals surface area contributed by atoms with Crippen molar-refractivity contribution >= 4 is 29.1 Å². The zero-order valence-electron chi connectivity index (χ0n) is 17.8. The lowest BCUT2D eigenvalue weighted by molar-refractivity contribution is 0.0921. The number of nitrogens with zero attached hydrogens (tertiary/aromatic N) is 2. The van der Waals surface area contributed by atoms with E-state index in [2.05, 4.69) is 16.3 Å². The zero-order chi connectivity index (χ0) is 23.4. The maximum Gasteiger partial charge on any atom is 0.251 e. The van der Waals surface area contributed by atoms with E-state index in [0.717, 1.165) is 11.1 Å². The molecule has 0 saturated carbocycles. The van der Waals surface area contributed by atoms with E-state index in [1.807, 2.05) is 48.5 Å². The first-order valence-electron chi connectivity index (χ1n) is 10.7. The van der Waals surface area contributed by atoms with Crippen LogP contribution in [-0.2, 0) is 0 Å². The molecule has 2 N–H and O–H groups in total. The van der Waals surface area contributed by atoms with Gasteiger partial charge in [0.2, 0.25) is 0 Å². The molecular formula is C26H23Cl2N3O2. The summed E-state index contributed by atoms with van der Waals surface area (Å²) in [6.07, 6.45) is 0. The van der Waals surface area contributed by atoms with Crippen molar-refractivity contribution in [1.82, 2.24) is 10.2 Å². The molecule has 3 aromatic carbocycles. The number of benzene rings is 3. The minimum atomic E-state index is -0.223. The Kier molecular flexibility index (Phi) is 7.32. The van der Waals surface area contributed by atoms with E-state index in [0.29, 0.717) is 34.3 Å². The molecule has 3 aromatic rings. The molecule has 1 aliphatic rings. The molecule has 168 valence electrons. The number of hydrogen-bond donors (Lipinski definition) is 2. The molecule has 7 heteroatoms. The Labute approximate surface area is 203 Å². The normalized spacial score (nSPS) is 18.3. The van der Waals surface area contributed by atoms with Crippen LogP contribution in [0.1, 0.15) is 33.1 Å². The van der Waals surface area contributed by atoms with Gasteiger partial charge in [-0.3, -0.25) is 9.69 Å². The molecule has 4 rings (SSSR count). The van der Waals surface area contributed by atoms with Gasteiger partial charge in [0.05, 0.1) is 17.7 Å². The third kappa shape index (κ3) is 5.38. The lowest BCUT2D eigenvalue weighted by Gasteiger charge is -2.29. The Hall–Kier alpha value is -2.88. The number of halogens is 2. The fourth-order valence-electron chi connectivity index (χ4n) is 4.32. The monoisotopic (exact) mass is 479 g/mol. The predicted molar refractivity (Wildman–Crippen MR) is 129 cm³/mol. The molecule has 0 bridgehead atoms. The van der Waals surface area contributed by atoms with Gasteiger partial charge in [-0.05, 0) is 59.7 Å². The molecule has 1 saturated heterocycles. The van der Waals surface area contributed by atoms with Crippen molar-refractivity contribution in [3.05, 3.63) is 105 Å². The van der Waals surface area contributed by atoms with Crippen LogP contribution in [0, 0.1) is 17.2 Å². The molecule has 1 fully saturated rings. The number of carbonyl (C=O) groups is 1. The van der Waals surface area contributed by atoms with Gasteiger partial charge in [0.1, 0.15) is 0 Å². The number of hydrogen-bond acceptors (Lipinski definition) is 4. The SMILES string of the molecule is N#Cc1ccc(C(=O)N[C@H]2CN(C(c3ccc(Cl)cc3)c3ccc(Cl)cc3)C[C@@H]2CO)cc1. The summed E-state index contributed by atoms with van der Waals surface area (Å²) >= 11 is 12.2. The minimum absolute atomic E-state index is 0.0389. The van der Waals surface area contributed by atoms with Crippen LogP contribution in [0.5, 0.6) is 0 Å². The summed E-state index contributed by atoms with van der Waals surface area (Å²) in [6.45, 7) is 1.15. The molecule has 0 aromatic heterocycles. The highest BCUT2D eigenvalue weighted by molar-refractivity contribution is 6.30. The van der Waals surface area contributed by atoms with Crippen LogP contribution in [0.2, 0.25) is 10.0 Å². The molecule has 0 unspecified atom stereocenters.